The van der Waals surface area contributed by atoms with Gasteiger partial charge in [-0.1, -0.05) is 19.4 Å². The molecule has 90 valence electrons. The van der Waals surface area contributed by atoms with E-state index >= 15 is 0 Å². The summed E-state index contributed by atoms with van der Waals surface area (Å²) in [6, 6.07) is 6.54. The predicted molar refractivity (Wildman–Crippen MR) is 70.8 cm³/mol. The van der Waals surface area contributed by atoms with E-state index in [-0.39, 0.29) is 0 Å². The number of hydrogen-bond acceptors (Lipinski definition) is 4. The average molecular weight is 247 g/mol. The molecule has 0 bridgehead atoms. The Balaban J connectivity index is 1.95. The highest BCUT2D eigenvalue weighted by Gasteiger charge is 2.11. The first kappa shape index (κ1) is 12.2. The molecule has 0 radical (unpaired) electrons. The van der Waals surface area contributed by atoms with Crippen LogP contribution in [0.25, 0.3) is 0 Å². The Hall–Kier alpha value is -1.26. The van der Waals surface area contributed by atoms with Crippen LogP contribution in [0.5, 0.6) is 0 Å². The minimum atomic E-state index is 0.420. The first-order valence-corrected chi connectivity index (χ1v) is 6.80. The van der Waals surface area contributed by atoms with Crippen LogP contribution < -0.4 is 5.32 Å². The van der Waals surface area contributed by atoms with Gasteiger partial charge in [-0.05, 0) is 23.9 Å². The fraction of sp³-hybridized carbons (Fsp3) is 0.385. The Morgan fingerprint density at radius 3 is 2.76 bits per heavy atom. The summed E-state index contributed by atoms with van der Waals surface area (Å²) in [5, 5.41) is 5.65. The molecule has 2 rings (SSSR count). The van der Waals surface area contributed by atoms with Gasteiger partial charge in [-0.2, -0.15) is 0 Å². The van der Waals surface area contributed by atoms with Crippen LogP contribution in [-0.2, 0) is 6.54 Å². The van der Waals surface area contributed by atoms with Gasteiger partial charge in [-0.3, -0.25) is 0 Å². The SMILES string of the molecule is CCCC(NCc1ncccn1)c1cccs1. The van der Waals surface area contributed by atoms with Crippen molar-refractivity contribution in [2.24, 2.45) is 0 Å². The standard InChI is InChI=1S/C13H17N3S/c1-2-5-11(12-6-3-9-17-12)16-10-13-14-7-4-8-15-13/h3-4,6-9,11,16H,2,5,10H2,1H3. The van der Waals surface area contributed by atoms with Gasteiger partial charge in [0.15, 0.2) is 0 Å². The van der Waals surface area contributed by atoms with Crippen molar-refractivity contribution >= 4 is 11.3 Å². The van der Waals surface area contributed by atoms with E-state index in [0.717, 1.165) is 18.8 Å². The van der Waals surface area contributed by atoms with Gasteiger partial charge in [0.25, 0.3) is 0 Å². The zero-order chi connectivity index (χ0) is 11.9. The van der Waals surface area contributed by atoms with E-state index in [1.807, 2.05) is 6.07 Å². The fourth-order valence-corrected chi connectivity index (χ4v) is 2.60. The lowest BCUT2D eigenvalue weighted by Crippen LogP contribution is -2.21. The lowest BCUT2D eigenvalue weighted by Gasteiger charge is -2.15. The van der Waals surface area contributed by atoms with Gasteiger partial charge in [0.05, 0.1) is 6.54 Å². The largest absolute Gasteiger partial charge is 0.302 e. The maximum absolute atomic E-state index is 4.22. The number of nitrogens with zero attached hydrogens (tertiary/aromatic N) is 2. The smallest absolute Gasteiger partial charge is 0.141 e. The third-order valence-electron chi connectivity index (χ3n) is 2.59. The van der Waals surface area contributed by atoms with Crippen molar-refractivity contribution in [3.05, 3.63) is 46.7 Å². The Bertz CT molecular complexity index is 413. The molecule has 2 heterocycles. The van der Waals surface area contributed by atoms with Crippen LogP contribution in [0.1, 0.15) is 36.5 Å². The number of aromatic nitrogens is 2. The van der Waals surface area contributed by atoms with Gasteiger partial charge >= 0.3 is 0 Å². The molecule has 3 nitrogen and oxygen atoms in total. The first-order chi connectivity index (χ1) is 8.40. The lowest BCUT2D eigenvalue weighted by molar-refractivity contribution is 0.491. The molecule has 2 aromatic heterocycles. The van der Waals surface area contributed by atoms with E-state index in [1.165, 1.54) is 11.3 Å². The van der Waals surface area contributed by atoms with Gasteiger partial charge in [0.1, 0.15) is 5.82 Å². The van der Waals surface area contributed by atoms with E-state index < -0.39 is 0 Å². The van der Waals surface area contributed by atoms with Crippen molar-refractivity contribution in [3.63, 3.8) is 0 Å². The maximum Gasteiger partial charge on any atom is 0.141 e. The second-order valence-electron chi connectivity index (χ2n) is 3.90. The average Bonchev–Trinajstić information content (AvgIpc) is 2.89. The highest BCUT2D eigenvalue weighted by atomic mass is 32.1. The highest BCUT2D eigenvalue weighted by molar-refractivity contribution is 7.10. The summed E-state index contributed by atoms with van der Waals surface area (Å²) < 4.78 is 0. The topological polar surface area (TPSA) is 37.8 Å². The molecule has 2 aromatic rings. The van der Waals surface area contributed by atoms with Crippen LogP contribution >= 0.6 is 11.3 Å². The molecule has 0 aliphatic rings. The molecule has 0 saturated carbocycles. The summed E-state index contributed by atoms with van der Waals surface area (Å²) >= 11 is 1.80. The van der Waals surface area contributed by atoms with E-state index in [1.54, 1.807) is 23.7 Å². The number of thiophene rings is 1. The van der Waals surface area contributed by atoms with E-state index in [0.29, 0.717) is 6.04 Å². The summed E-state index contributed by atoms with van der Waals surface area (Å²) in [6.07, 6.45) is 5.88. The second-order valence-corrected chi connectivity index (χ2v) is 4.88. The molecular weight excluding hydrogens is 230 g/mol. The predicted octanol–water partition coefficient (Wildman–Crippen LogP) is 3.17. The molecule has 1 unspecified atom stereocenters. The van der Waals surface area contributed by atoms with Crippen molar-refractivity contribution in [1.29, 1.82) is 0 Å². The Morgan fingerprint density at radius 2 is 2.12 bits per heavy atom. The molecule has 0 spiro atoms. The van der Waals surface area contributed by atoms with Crippen molar-refractivity contribution in [1.82, 2.24) is 15.3 Å². The molecule has 1 N–H and O–H groups in total. The number of nitrogens with one attached hydrogen (secondary N) is 1. The lowest BCUT2D eigenvalue weighted by atomic mass is 10.1. The van der Waals surface area contributed by atoms with Crippen LogP contribution in [0, 0.1) is 0 Å². The van der Waals surface area contributed by atoms with Crippen molar-refractivity contribution in [2.75, 3.05) is 0 Å². The van der Waals surface area contributed by atoms with Gasteiger partial charge in [-0.15, -0.1) is 11.3 Å². The first-order valence-electron chi connectivity index (χ1n) is 5.93. The molecule has 0 aliphatic heterocycles. The molecule has 1 atom stereocenters. The van der Waals surface area contributed by atoms with Crippen molar-refractivity contribution in [3.8, 4) is 0 Å². The minimum Gasteiger partial charge on any atom is -0.302 e. The monoisotopic (exact) mass is 247 g/mol. The van der Waals surface area contributed by atoms with Crippen LogP contribution in [0.2, 0.25) is 0 Å². The van der Waals surface area contributed by atoms with Crippen molar-refractivity contribution < 1.29 is 0 Å². The molecule has 0 aromatic carbocycles. The molecule has 0 amide bonds. The van der Waals surface area contributed by atoms with Crippen LogP contribution in [0.15, 0.2) is 36.0 Å². The normalized spacial score (nSPS) is 12.5. The summed E-state index contributed by atoms with van der Waals surface area (Å²) in [5.41, 5.74) is 0. The molecule has 0 fully saturated rings. The quantitative estimate of drug-likeness (QED) is 0.852. The molecule has 0 saturated heterocycles. The van der Waals surface area contributed by atoms with E-state index in [4.69, 9.17) is 0 Å². The molecule has 4 heteroatoms. The molecular formula is C13H17N3S. The Labute approximate surface area is 106 Å². The van der Waals surface area contributed by atoms with Gasteiger partial charge in [0.2, 0.25) is 0 Å². The third-order valence-corrected chi connectivity index (χ3v) is 3.58. The van der Waals surface area contributed by atoms with E-state index in [2.05, 4.69) is 39.7 Å². The Morgan fingerprint density at radius 1 is 1.29 bits per heavy atom. The highest BCUT2D eigenvalue weighted by Crippen LogP contribution is 2.23. The number of hydrogen-bond donors (Lipinski definition) is 1. The van der Waals surface area contributed by atoms with Gasteiger partial charge < -0.3 is 5.32 Å². The summed E-state index contributed by atoms with van der Waals surface area (Å²) in [7, 11) is 0. The van der Waals surface area contributed by atoms with E-state index in [9.17, 15) is 0 Å². The van der Waals surface area contributed by atoms with Crippen molar-refractivity contribution in [2.45, 2.75) is 32.4 Å². The summed E-state index contributed by atoms with van der Waals surface area (Å²) in [6.45, 7) is 2.94. The Kier molecular flexibility index (Phi) is 4.64. The minimum absolute atomic E-state index is 0.420. The zero-order valence-electron chi connectivity index (χ0n) is 9.97. The van der Waals surface area contributed by atoms with Gasteiger partial charge in [0, 0.05) is 23.3 Å². The second kappa shape index (κ2) is 6.47. The molecule has 17 heavy (non-hydrogen) atoms. The maximum atomic E-state index is 4.22. The zero-order valence-corrected chi connectivity index (χ0v) is 10.8. The fourth-order valence-electron chi connectivity index (χ4n) is 1.76. The van der Waals surface area contributed by atoms with Gasteiger partial charge in [-0.25, -0.2) is 9.97 Å². The van der Waals surface area contributed by atoms with Crippen LogP contribution in [0.3, 0.4) is 0 Å². The molecule has 0 aliphatic carbocycles. The van der Waals surface area contributed by atoms with Crippen LogP contribution in [0.4, 0.5) is 0 Å². The summed E-state index contributed by atoms with van der Waals surface area (Å²) in [4.78, 5) is 9.84. The van der Waals surface area contributed by atoms with Crippen LogP contribution in [-0.4, -0.2) is 9.97 Å². The number of rotatable bonds is 6. The third kappa shape index (κ3) is 3.61. The summed E-state index contributed by atoms with van der Waals surface area (Å²) in [5.74, 6) is 0.852.